The number of rotatable bonds is 1. The molecular formula is C7H8ClNO2. The van der Waals surface area contributed by atoms with Crippen molar-refractivity contribution >= 4 is 17.3 Å². The second-order valence-corrected chi connectivity index (χ2v) is 2.45. The number of halogens is 1. The summed E-state index contributed by atoms with van der Waals surface area (Å²) in [6, 6.07) is 2.76. The first-order valence-corrected chi connectivity index (χ1v) is 3.35. The summed E-state index contributed by atoms with van der Waals surface area (Å²) in [4.78, 5) is 0. The Labute approximate surface area is 69.3 Å². The zero-order valence-corrected chi connectivity index (χ0v) is 6.72. The molecule has 0 saturated carbocycles. The van der Waals surface area contributed by atoms with Gasteiger partial charge in [0.25, 0.3) is 0 Å². The summed E-state index contributed by atoms with van der Waals surface area (Å²) < 4.78 is 4.84. The summed E-state index contributed by atoms with van der Waals surface area (Å²) in [7, 11) is 1.46. The van der Waals surface area contributed by atoms with E-state index in [1.807, 2.05) is 0 Å². The van der Waals surface area contributed by atoms with Crippen molar-refractivity contribution in [3.63, 3.8) is 0 Å². The zero-order chi connectivity index (χ0) is 8.43. The molecule has 1 aromatic rings. The molecule has 4 heteroatoms. The van der Waals surface area contributed by atoms with Crippen LogP contribution in [0, 0.1) is 0 Å². The number of benzene rings is 1. The number of hydrogen-bond donors (Lipinski definition) is 2. The van der Waals surface area contributed by atoms with Crippen LogP contribution in [0.1, 0.15) is 0 Å². The predicted octanol–water partition coefficient (Wildman–Crippen LogP) is 1.64. The Balaban J connectivity index is 3.24. The molecule has 3 N–H and O–H groups in total. The zero-order valence-electron chi connectivity index (χ0n) is 5.97. The van der Waals surface area contributed by atoms with Crippen molar-refractivity contribution in [1.29, 1.82) is 0 Å². The molecule has 0 spiro atoms. The summed E-state index contributed by atoms with van der Waals surface area (Å²) in [5, 5.41) is 9.32. The van der Waals surface area contributed by atoms with Crippen LogP contribution in [0.4, 0.5) is 5.69 Å². The molecule has 0 aliphatic heterocycles. The normalized spacial score (nSPS) is 9.64. The molecule has 0 aliphatic rings. The van der Waals surface area contributed by atoms with E-state index in [-0.39, 0.29) is 5.75 Å². The van der Waals surface area contributed by atoms with Gasteiger partial charge in [-0.1, -0.05) is 11.6 Å². The van der Waals surface area contributed by atoms with Gasteiger partial charge in [-0.15, -0.1) is 0 Å². The van der Waals surface area contributed by atoms with Crippen molar-refractivity contribution in [2.75, 3.05) is 12.8 Å². The number of methoxy groups -OCH3 is 1. The van der Waals surface area contributed by atoms with Gasteiger partial charge in [0.2, 0.25) is 0 Å². The van der Waals surface area contributed by atoms with Gasteiger partial charge in [-0.2, -0.15) is 0 Å². The molecule has 0 unspecified atom stereocenters. The van der Waals surface area contributed by atoms with E-state index in [2.05, 4.69) is 0 Å². The van der Waals surface area contributed by atoms with E-state index >= 15 is 0 Å². The topological polar surface area (TPSA) is 55.5 Å². The number of phenols is 1. The van der Waals surface area contributed by atoms with Crippen molar-refractivity contribution in [2.24, 2.45) is 0 Å². The highest BCUT2D eigenvalue weighted by Crippen LogP contribution is 2.33. The van der Waals surface area contributed by atoms with Gasteiger partial charge >= 0.3 is 0 Å². The Kier molecular flexibility index (Phi) is 2.10. The second-order valence-electron chi connectivity index (χ2n) is 2.04. The van der Waals surface area contributed by atoms with Gasteiger partial charge in [-0.25, -0.2) is 0 Å². The fourth-order valence-corrected chi connectivity index (χ4v) is 0.953. The molecule has 0 bridgehead atoms. The van der Waals surface area contributed by atoms with Crippen LogP contribution in [-0.4, -0.2) is 12.2 Å². The number of ether oxygens (including phenoxy) is 1. The Morgan fingerprint density at radius 3 is 2.73 bits per heavy atom. The van der Waals surface area contributed by atoms with Gasteiger partial charge in [0.1, 0.15) is 11.5 Å². The second kappa shape index (κ2) is 2.88. The Morgan fingerprint density at radius 1 is 1.55 bits per heavy atom. The highest BCUT2D eigenvalue weighted by Gasteiger charge is 2.05. The minimum absolute atomic E-state index is 0.0426. The standard InChI is InChI=1S/C7H8ClNO2/c1-11-6-3-4(10)2-5(8)7(6)9/h2-3,10H,9H2,1H3. The largest absolute Gasteiger partial charge is 0.508 e. The molecular weight excluding hydrogens is 166 g/mol. The summed E-state index contributed by atoms with van der Waals surface area (Å²) in [6.07, 6.45) is 0. The minimum Gasteiger partial charge on any atom is -0.508 e. The highest BCUT2D eigenvalue weighted by atomic mass is 35.5. The fraction of sp³-hybridized carbons (Fsp3) is 0.143. The van der Waals surface area contributed by atoms with Crippen LogP contribution in [0.15, 0.2) is 12.1 Å². The van der Waals surface area contributed by atoms with Crippen LogP contribution in [-0.2, 0) is 0 Å². The number of hydrogen-bond acceptors (Lipinski definition) is 3. The molecule has 60 valence electrons. The van der Waals surface area contributed by atoms with Gasteiger partial charge in [-0.3, -0.25) is 0 Å². The monoisotopic (exact) mass is 173 g/mol. The number of nitrogens with two attached hydrogens (primary N) is 1. The van der Waals surface area contributed by atoms with Gasteiger partial charge < -0.3 is 15.6 Å². The summed E-state index contributed by atoms with van der Waals surface area (Å²) in [6.45, 7) is 0. The van der Waals surface area contributed by atoms with Crippen molar-refractivity contribution in [3.05, 3.63) is 17.2 Å². The van der Waals surface area contributed by atoms with Crippen LogP contribution < -0.4 is 10.5 Å². The van der Waals surface area contributed by atoms with Crippen LogP contribution in [0.3, 0.4) is 0 Å². The van der Waals surface area contributed by atoms with Gasteiger partial charge in [-0.05, 0) is 0 Å². The molecule has 1 rings (SSSR count). The van der Waals surface area contributed by atoms with Gasteiger partial charge in [0, 0.05) is 12.1 Å². The number of phenolic OH excluding ortho intramolecular Hbond substituents is 1. The van der Waals surface area contributed by atoms with E-state index < -0.39 is 0 Å². The lowest BCUT2D eigenvalue weighted by molar-refractivity contribution is 0.410. The molecule has 0 fully saturated rings. The Bertz CT molecular complexity index is 275. The third-order valence-corrected chi connectivity index (χ3v) is 1.61. The van der Waals surface area contributed by atoms with E-state index in [4.69, 9.17) is 27.2 Å². The first-order valence-electron chi connectivity index (χ1n) is 2.97. The Hall–Kier alpha value is -1.09. The van der Waals surface area contributed by atoms with E-state index in [1.165, 1.54) is 19.2 Å². The minimum atomic E-state index is 0.0426. The van der Waals surface area contributed by atoms with E-state index in [1.54, 1.807) is 0 Å². The Morgan fingerprint density at radius 2 is 2.18 bits per heavy atom. The van der Waals surface area contributed by atoms with Crippen molar-refractivity contribution < 1.29 is 9.84 Å². The average molecular weight is 174 g/mol. The van der Waals surface area contributed by atoms with Crippen molar-refractivity contribution in [1.82, 2.24) is 0 Å². The van der Waals surface area contributed by atoms with E-state index in [0.717, 1.165) is 0 Å². The van der Waals surface area contributed by atoms with Crippen LogP contribution in [0.5, 0.6) is 11.5 Å². The maximum Gasteiger partial charge on any atom is 0.146 e. The molecule has 0 amide bonds. The third-order valence-electron chi connectivity index (χ3n) is 1.30. The van der Waals surface area contributed by atoms with Crippen LogP contribution in [0.2, 0.25) is 5.02 Å². The molecule has 1 aromatic carbocycles. The van der Waals surface area contributed by atoms with Gasteiger partial charge in [0.05, 0.1) is 17.8 Å². The van der Waals surface area contributed by atoms with Crippen molar-refractivity contribution in [3.8, 4) is 11.5 Å². The maximum atomic E-state index is 9.03. The SMILES string of the molecule is COc1cc(O)cc(Cl)c1N. The van der Waals surface area contributed by atoms with Crippen molar-refractivity contribution in [2.45, 2.75) is 0 Å². The molecule has 0 saturated heterocycles. The third kappa shape index (κ3) is 1.49. The number of anilines is 1. The average Bonchev–Trinajstić information content (AvgIpc) is 1.96. The molecule has 0 atom stereocenters. The van der Waals surface area contributed by atoms with Crippen LogP contribution >= 0.6 is 11.6 Å². The number of aromatic hydroxyl groups is 1. The fourth-order valence-electron chi connectivity index (χ4n) is 0.748. The first-order chi connectivity index (χ1) is 5.15. The molecule has 11 heavy (non-hydrogen) atoms. The van der Waals surface area contributed by atoms with Crippen LogP contribution in [0.25, 0.3) is 0 Å². The highest BCUT2D eigenvalue weighted by molar-refractivity contribution is 6.33. The molecule has 0 aromatic heterocycles. The smallest absolute Gasteiger partial charge is 0.146 e. The summed E-state index contributed by atoms with van der Waals surface area (Å²) >= 11 is 5.63. The molecule has 0 radical (unpaired) electrons. The summed E-state index contributed by atoms with van der Waals surface area (Å²) in [5.41, 5.74) is 5.83. The number of nitrogen functional groups attached to an aromatic ring is 1. The lowest BCUT2D eigenvalue weighted by Crippen LogP contribution is -1.92. The summed E-state index contributed by atoms with van der Waals surface area (Å²) in [5.74, 6) is 0.427. The van der Waals surface area contributed by atoms with E-state index in [9.17, 15) is 0 Å². The predicted molar refractivity (Wildman–Crippen MR) is 44.1 cm³/mol. The van der Waals surface area contributed by atoms with Gasteiger partial charge in [0.15, 0.2) is 0 Å². The lowest BCUT2D eigenvalue weighted by atomic mass is 10.3. The first kappa shape index (κ1) is 8.01. The molecule has 0 aliphatic carbocycles. The molecule has 3 nitrogen and oxygen atoms in total. The molecule has 0 heterocycles. The van der Waals surface area contributed by atoms with E-state index in [0.29, 0.717) is 16.5 Å². The quantitative estimate of drug-likeness (QED) is 0.502. The lowest BCUT2D eigenvalue weighted by Gasteiger charge is -2.05. The maximum absolute atomic E-state index is 9.03.